The van der Waals surface area contributed by atoms with Crippen LogP contribution in [0.1, 0.15) is 13.3 Å². The second-order valence-electron chi connectivity index (χ2n) is 4.59. The summed E-state index contributed by atoms with van der Waals surface area (Å²) in [6.45, 7) is 5.73. The lowest BCUT2D eigenvalue weighted by molar-refractivity contribution is -0.154. The van der Waals surface area contributed by atoms with Crippen LogP contribution in [-0.4, -0.2) is 24.6 Å². The number of hydrogen-bond donors (Lipinski definition) is 1. The van der Waals surface area contributed by atoms with Gasteiger partial charge in [-0.25, -0.2) is 9.59 Å². The van der Waals surface area contributed by atoms with E-state index in [0.29, 0.717) is 11.3 Å². The quantitative estimate of drug-likeness (QED) is 0.476. The summed E-state index contributed by atoms with van der Waals surface area (Å²) in [5, 5.41) is 0. The monoisotopic (exact) mass is 275 g/mol. The van der Waals surface area contributed by atoms with Crippen LogP contribution in [0.5, 0.6) is 0 Å². The zero-order valence-electron chi connectivity index (χ0n) is 11.3. The highest BCUT2D eigenvalue weighted by atomic mass is 16.6. The van der Waals surface area contributed by atoms with Crippen molar-refractivity contribution in [2.75, 3.05) is 6.61 Å². The number of allylic oxidation sites excluding steroid dienone is 4. The number of rotatable bonds is 4. The zero-order chi connectivity index (χ0) is 14.7. The number of cyclic esters (lactones) is 1. The molecule has 2 atom stereocenters. The van der Waals surface area contributed by atoms with E-state index in [0.717, 1.165) is 12.0 Å². The van der Waals surface area contributed by atoms with Gasteiger partial charge in [-0.2, -0.15) is 0 Å². The topological polar surface area (TPSA) is 78.6 Å². The van der Waals surface area contributed by atoms with Crippen LogP contribution in [0.2, 0.25) is 0 Å². The Morgan fingerprint density at radius 3 is 2.90 bits per heavy atom. The van der Waals surface area contributed by atoms with Crippen molar-refractivity contribution in [1.29, 1.82) is 0 Å². The van der Waals surface area contributed by atoms with Crippen LogP contribution in [0.15, 0.2) is 47.7 Å². The molecule has 2 fully saturated rings. The van der Waals surface area contributed by atoms with Gasteiger partial charge in [-0.05, 0) is 24.1 Å². The molecule has 5 nitrogen and oxygen atoms in total. The fourth-order valence-electron chi connectivity index (χ4n) is 2.26. The fourth-order valence-corrected chi connectivity index (χ4v) is 2.26. The summed E-state index contributed by atoms with van der Waals surface area (Å²) in [6, 6.07) is 0. The van der Waals surface area contributed by atoms with Gasteiger partial charge in [0.25, 0.3) is 0 Å². The fraction of sp³-hybridized carbons (Fsp3) is 0.333. The lowest BCUT2D eigenvalue weighted by Gasteiger charge is -2.05. The summed E-state index contributed by atoms with van der Waals surface area (Å²) in [5.74, 6) is -1.31. The highest BCUT2D eigenvalue weighted by Crippen LogP contribution is 2.34. The third-order valence-electron chi connectivity index (χ3n) is 3.24. The number of hydrogen-bond acceptors (Lipinski definition) is 5. The molecular formula is C15H17NO4. The van der Waals surface area contributed by atoms with Crippen LogP contribution in [0, 0.1) is 5.92 Å². The van der Waals surface area contributed by atoms with Crippen molar-refractivity contribution in [1.82, 2.24) is 0 Å². The molecule has 0 aromatic rings. The summed E-state index contributed by atoms with van der Waals surface area (Å²) in [5.41, 5.74) is 7.59. The first-order valence-corrected chi connectivity index (χ1v) is 6.46. The maximum Gasteiger partial charge on any atom is 0.348 e. The Bertz CT molecular complexity index is 542. The average Bonchev–Trinajstić information content (AvgIpc) is 2.91. The summed E-state index contributed by atoms with van der Waals surface area (Å²) in [6.07, 6.45) is 6.78. The van der Waals surface area contributed by atoms with Crippen LogP contribution in [-0.2, 0) is 19.1 Å². The third kappa shape index (κ3) is 2.52. The smallest absolute Gasteiger partial charge is 0.348 e. The largest absolute Gasteiger partial charge is 0.462 e. The van der Waals surface area contributed by atoms with Crippen molar-refractivity contribution in [3.05, 3.63) is 47.7 Å². The molecule has 5 heteroatoms. The van der Waals surface area contributed by atoms with Crippen molar-refractivity contribution in [3.63, 3.8) is 0 Å². The minimum absolute atomic E-state index is 0.172. The van der Waals surface area contributed by atoms with E-state index in [1.807, 2.05) is 13.0 Å². The number of carbonyl (C=O) groups excluding carboxylic acids is 2. The summed E-state index contributed by atoms with van der Waals surface area (Å²) in [4.78, 5) is 23.3. The predicted octanol–water partition coefficient (Wildman–Crippen LogP) is 1.38. The van der Waals surface area contributed by atoms with Gasteiger partial charge < -0.3 is 15.2 Å². The summed E-state index contributed by atoms with van der Waals surface area (Å²) >= 11 is 0. The van der Waals surface area contributed by atoms with Gasteiger partial charge in [0.1, 0.15) is 6.61 Å². The molecule has 0 spiro atoms. The van der Waals surface area contributed by atoms with E-state index in [1.54, 1.807) is 18.2 Å². The average molecular weight is 275 g/mol. The van der Waals surface area contributed by atoms with Gasteiger partial charge in [0.2, 0.25) is 6.10 Å². The van der Waals surface area contributed by atoms with Crippen LogP contribution in [0.25, 0.3) is 0 Å². The Morgan fingerprint density at radius 1 is 1.50 bits per heavy atom. The van der Waals surface area contributed by atoms with Crippen molar-refractivity contribution < 1.29 is 19.1 Å². The molecule has 2 aliphatic rings. The molecule has 0 radical (unpaired) electrons. The minimum atomic E-state index is -0.804. The lowest BCUT2D eigenvalue weighted by atomic mass is 9.95. The highest BCUT2D eigenvalue weighted by Gasteiger charge is 2.50. The molecule has 0 amide bonds. The first kappa shape index (κ1) is 14.1. The van der Waals surface area contributed by atoms with Crippen molar-refractivity contribution in [2.45, 2.75) is 19.4 Å². The van der Waals surface area contributed by atoms with Gasteiger partial charge in [0, 0.05) is 11.3 Å². The second kappa shape index (κ2) is 5.77. The maximum atomic E-state index is 11.8. The molecule has 0 aliphatic carbocycles. The zero-order valence-corrected chi connectivity index (χ0v) is 11.3. The van der Waals surface area contributed by atoms with Gasteiger partial charge in [0.05, 0.1) is 5.92 Å². The molecule has 0 aromatic heterocycles. The molecule has 20 heavy (non-hydrogen) atoms. The first-order chi connectivity index (χ1) is 9.58. The Balaban J connectivity index is 2.34. The van der Waals surface area contributed by atoms with E-state index in [-0.39, 0.29) is 12.5 Å². The van der Waals surface area contributed by atoms with E-state index in [9.17, 15) is 9.59 Å². The van der Waals surface area contributed by atoms with Crippen molar-refractivity contribution in [3.8, 4) is 0 Å². The SMILES string of the molecule is C=C\C=C(N)/C(=C\CC)/C=C1\C(=O)O[C@H]2C(=O)OC[C@@H]12. The molecule has 0 saturated carbocycles. The Morgan fingerprint density at radius 2 is 2.25 bits per heavy atom. The second-order valence-corrected chi connectivity index (χ2v) is 4.59. The van der Waals surface area contributed by atoms with Crippen molar-refractivity contribution >= 4 is 11.9 Å². The normalized spacial score (nSPS) is 28.4. The number of fused-ring (bicyclic) bond motifs is 1. The van der Waals surface area contributed by atoms with Crippen LogP contribution >= 0.6 is 0 Å². The van der Waals surface area contributed by atoms with E-state index in [2.05, 4.69) is 6.58 Å². The molecule has 0 bridgehead atoms. The van der Waals surface area contributed by atoms with Gasteiger partial charge in [0.15, 0.2) is 0 Å². The number of esters is 2. The molecular weight excluding hydrogens is 258 g/mol. The molecule has 2 aliphatic heterocycles. The van der Waals surface area contributed by atoms with Gasteiger partial charge in [-0.15, -0.1) is 0 Å². The number of ether oxygens (including phenoxy) is 2. The molecule has 106 valence electrons. The molecule has 0 unspecified atom stereocenters. The Hall–Kier alpha value is -2.30. The van der Waals surface area contributed by atoms with Gasteiger partial charge in [-0.1, -0.05) is 25.7 Å². The molecule has 2 heterocycles. The van der Waals surface area contributed by atoms with E-state index < -0.39 is 18.0 Å². The van der Waals surface area contributed by atoms with E-state index >= 15 is 0 Å². The highest BCUT2D eigenvalue weighted by molar-refractivity contribution is 5.97. The standard InChI is InChI=1S/C15H17NO4/c1-3-5-9(12(16)6-4-2)7-10-11-8-19-15(18)13(11)20-14(10)17/h4-7,11,13H,2-3,8,16H2,1H3/b9-5-,10-7-,12-6+/t11-,13+/m0/s1. The van der Waals surface area contributed by atoms with Crippen molar-refractivity contribution in [2.24, 2.45) is 11.7 Å². The predicted molar refractivity (Wildman–Crippen MR) is 73.3 cm³/mol. The van der Waals surface area contributed by atoms with E-state index in [1.165, 1.54) is 0 Å². The Kier molecular flexibility index (Phi) is 4.08. The lowest BCUT2D eigenvalue weighted by Crippen LogP contribution is -2.18. The number of nitrogens with two attached hydrogens (primary N) is 1. The Labute approximate surface area is 117 Å². The van der Waals surface area contributed by atoms with Gasteiger partial charge in [-0.3, -0.25) is 0 Å². The molecule has 2 N–H and O–H groups in total. The van der Waals surface area contributed by atoms with Crippen LogP contribution < -0.4 is 5.73 Å². The summed E-state index contributed by atoms with van der Waals surface area (Å²) < 4.78 is 9.95. The van der Waals surface area contributed by atoms with Crippen LogP contribution in [0.4, 0.5) is 0 Å². The maximum absolute atomic E-state index is 11.8. The third-order valence-corrected chi connectivity index (χ3v) is 3.24. The van der Waals surface area contributed by atoms with Gasteiger partial charge >= 0.3 is 11.9 Å². The number of carbonyl (C=O) groups is 2. The summed E-state index contributed by atoms with van der Waals surface area (Å²) in [7, 11) is 0. The molecule has 0 aromatic carbocycles. The first-order valence-electron chi connectivity index (χ1n) is 6.46. The van der Waals surface area contributed by atoms with E-state index in [4.69, 9.17) is 15.2 Å². The minimum Gasteiger partial charge on any atom is -0.462 e. The molecule has 2 rings (SSSR count). The molecule has 2 saturated heterocycles. The van der Waals surface area contributed by atoms with Crippen LogP contribution in [0.3, 0.4) is 0 Å².